The van der Waals surface area contributed by atoms with Crippen LogP contribution in [0.3, 0.4) is 0 Å². The minimum Gasteiger partial charge on any atom is -0.476 e. The number of nitrogens with zero attached hydrogens (tertiary/aromatic N) is 2. The Morgan fingerprint density at radius 3 is 2.90 bits per heavy atom. The minimum absolute atomic E-state index is 0.214. The van der Waals surface area contributed by atoms with Crippen LogP contribution >= 0.6 is 11.3 Å². The SMILES string of the molecule is COCC1=CCN(S(=O)(=O)c2scnc2C(=O)O)CC1. The van der Waals surface area contributed by atoms with Crippen LogP contribution in [0.5, 0.6) is 0 Å². The van der Waals surface area contributed by atoms with Crippen LogP contribution < -0.4 is 0 Å². The van der Waals surface area contributed by atoms with E-state index in [0.29, 0.717) is 19.6 Å². The van der Waals surface area contributed by atoms with E-state index in [9.17, 15) is 13.2 Å². The zero-order chi connectivity index (χ0) is 14.8. The van der Waals surface area contributed by atoms with E-state index >= 15 is 0 Å². The van der Waals surface area contributed by atoms with Crippen molar-refractivity contribution < 1.29 is 23.1 Å². The minimum atomic E-state index is -3.81. The lowest BCUT2D eigenvalue weighted by atomic mass is 10.1. The monoisotopic (exact) mass is 318 g/mol. The Morgan fingerprint density at radius 1 is 1.60 bits per heavy atom. The molecule has 110 valence electrons. The van der Waals surface area contributed by atoms with Crippen LogP contribution in [-0.4, -0.2) is 55.6 Å². The van der Waals surface area contributed by atoms with Gasteiger partial charge >= 0.3 is 5.97 Å². The van der Waals surface area contributed by atoms with Crippen LogP contribution in [0.1, 0.15) is 16.9 Å². The lowest BCUT2D eigenvalue weighted by Gasteiger charge is -2.25. The summed E-state index contributed by atoms with van der Waals surface area (Å²) in [6.45, 7) is 1.02. The first-order valence-corrected chi connectivity index (χ1v) is 8.12. The maximum atomic E-state index is 12.4. The van der Waals surface area contributed by atoms with Gasteiger partial charge < -0.3 is 9.84 Å². The van der Waals surface area contributed by atoms with Gasteiger partial charge in [-0.1, -0.05) is 6.08 Å². The number of methoxy groups -OCH3 is 1. The maximum Gasteiger partial charge on any atom is 0.356 e. The number of aromatic nitrogens is 1. The molecule has 2 heterocycles. The molecule has 0 aromatic carbocycles. The average Bonchev–Trinajstić information content (AvgIpc) is 2.90. The number of thiazole rings is 1. The van der Waals surface area contributed by atoms with Crippen LogP contribution in [0.2, 0.25) is 0 Å². The fourth-order valence-electron chi connectivity index (χ4n) is 1.91. The van der Waals surface area contributed by atoms with Crippen molar-refractivity contribution in [2.45, 2.75) is 10.6 Å². The van der Waals surface area contributed by atoms with Gasteiger partial charge in [-0.2, -0.15) is 4.31 Å². The Labute approximate surface area is 120 Å². The number of carboxylic acids is 1. The number of hydrogen-bond donors (Lipinski definition) is 1. The molecular formula is C11H14N2O5S2. The van der Waals surface area contributed by atoms with Gasteiger partial charge in [0.2, 0.25) is 0 Å². The molecule has 1 aliphatic rings. The van der Waals surface area contributed by atoms with Crippen molar-refractivity contribution in [1.82, 2.24) is 9.29 Å². The molecule has 0 spiro atoms. The van der Waals surface area contributed by atoms with E-state index in [1.165, 1.54) is 9.82 Å². The van der Waals surface area contributed by atoms with E-state index < -0.39 is 21.7 Å². The fraction of sp³-hybridized carbons (Fsp3) is 0.455. The quantitative estimate of drug-likeness (QED) is 0.807. The molecule has 2 rings (SSSR count). The summed E-state index contributed by atoms with van der Waals surface area (Å²) < 4.78 is 30.9. The molecule has 0 fully saturated rings. The van der Waals surface area contributed by atoms with E-state index in [4.69, 9.17) is 9.84 Å². The third kappa shape index (κ3) is 2.90. The highest BCUT2D eigenvalue weighted by Crippen LogP contribution is 2.26. The standard InChI is InChI=1S/C11H14N2O5S2/c1-18-6-8-2-4-13(5-3-8)20(16,17)11-9(10(14)15)12-7-19-11/h2,7H,3-6H2,1H3,(H,14,15). The van der Waals surface area contributed by atoms with Crippen molar-refractivity contribution in [2.75, 3.05) is 26.8 Å². The number of carboxylic acid groups (broad SMARTS) is 1. The van der Waals surface area contributed by atoms with Crippen LogP contribution in [0.15, 0.2) is 21.4 Å². The summed E-state index contributed by atoms with van der Waals surface area (Å²) in [4.78, 5) is 14.6. The van der Waals surface area contributed by atoms with Crippen molar-refractivity contribution in [3.05, 3.63) is 22.9 Å². The van der Waals surface area contributed by atoms with Crippen LogP contribution in [-0.2, 0) is 14.8 Å². The Hall–Kier alpha value is -1.29. The Balaban J connectivity index is 2.24. The summed E-state index contributed by atoms with van der Waals surface area (Å²) >= 11 is 0.823. The molecule has 20 heavy (non-hydrogen) atoms. The van der Waals surface area contributed by atoms with Gasteiger partial charge in [-0.3, -0.25) is 0 Å². The molecule has 9 heteroatoms. The molecule has 0 atom stereocenters. The van der Waals surface area contributed by atoms with Gasteiger partial charge in [0.05, 0.1) is 12.1 Å². The molecule has 0 saturated heterocycles. The summed E-state index contributed by atoms with van der Waals surface area (Å²) in [6.07, 6.45) is 2.38. The molecule has 1 aromatic rings. The van der Waals surface area contributed by atoms with E-state index in [-0.39, 0.29) is 10.8 Å². The third-order valence-corrected chi connectivity index (χ3v) is 6.12. The number of sulfonamides is 1. The highest BCUT2D eigenvalue weighted by molar-refractivity contribution is 7.91. The van der Waals surface area contributed by atoms with Crippen molar-refractivity contribution >= 4 is 27.3 Å². The first-order chi connectivity index (χ1) is 9.46. The zero-order valence-electron chi connectivity index (χ0n) is 10.8. The summed E-state index contributed by atoms with van der Waals surface area (Å²) in [5.41, 5.74) is 1.86. The molecule has 0 bridgehead atoms. The normalized spacial score (nSPS) is 16.9. The molecule has 7 nitrogen and oxygen atoms in total. The van der Waals surface area contributed by atoms with Crippen molar-refractivity contribution in [3.63, 3.8) is 0 Å². The first kappa shape index (κ1) is 15.1. The molecule has 1 aliphatic heterocycles. The second-order valence-electron chi connectivity index (χ2n) is 4.20. The fourth-order valence-corrected chi connectivity index (χ4v) is 4.56. The third-order valence-electron chi connectivity index (χ3n) is 2.91. The summed E-state index contributed by atoms with van der Waals surface area (Å²) in [7, 11) is -2.23. The summed E-state index contributed by atoms with van der Waals surface area (Å²) in [6, 6.07) is 0. The molecule has 0 aliphatic carbocycles. The number of aromatic carboxylic acids is 1. The Bertz CT molecular complexity index is 635. The molecular weight excluding hydrogens is 304 g/mol. The van der Waals surface area contributed by atoms with E-state index in [2.05, 4.69) is 4.98 Å². The van der Waals surface area contributed by atoms with Crippen LogP contribution in [0.25, 0.3) is 0 Å². The van der Waals surface area contributed by atoms with Crippen LogP contribution in [0.4, 0.5) is 0 Å². The van der Waals surface area contributed by atoms with Crippen molar-refractivity contribution in [3.8, 4) is 0 Å². The summed E-state index contributed by atoms with van der Waals surface area (Å²) in [5.74, 6) is -1.34. The smallest absolute Gasteiger partial charge is 0.356 e. The Morgan fingerprint density at radius 2 is 2.35 bits per heavy atom. The number of rotatable bonds is 5. The van der Waals surface area contributed by atoms with E-state index in [0.717, 1.165) is 16.9 Å². The number of carbonyl (C=O) groups is 1. The number of ether oxygens (including phenoxy) is 1. The zero-order valence-corrected chi connectivity index (χ0v) is 12.4. The lowest BCUT2D eigenvalue weighted by Crippen LogP contribution is -2.35. The van der Waals surface area contributed by atoms with Gasteiger partial charge in [0.15, 0.2) is 9.90 Å². The highest BCUT2D eigenvalue weighted by atomic mass is 32.2. The van der Waals surface area contributed by atoms with Gasteiger partial charge in [-0.15, -0.1) is 11.3 Å². The molecule has 0 radical (unpaired) electrons. The van der Waals surface area contributed by atoms with Crippen molar-refractivity contribution in [2.24, 2.45) is 0 Å². The lowest BCUT2D eigenvalue weighted by molar-refractivity contribution is 0.0687. The molecule has 1 N–H and O–H groups in total. The van der Waals surface area contributed by atoms with Gasteiger partial charge in [-0.25, -0.2) is 18.2 Å². The van der Waals surface area contributed by atoms with E-state index in [1.807, 2.05) is 0 Å². The van der Waals surface area contributed by atoms with E-state index in [1.54, 1.807) is 13.2 Å². The largest absolute Gasteiger partial charge is 0.476 e. The molecule has 0 amide bonds. The second-order valence-corrected chi connectivity index (χ2v) is 7.19. The maximum absolute atomic E-state index is 12.4. The molecule has 0 saturated carbocycles. The summed E-state index contributed by atoms with van der Waals surface area (Å²) in [5, 5.41) is 8.96. The van der Waals surface area contributed by atoms with Gasteiger partial charge in [-0.05, 0) is 12.0 Å². The second kappa shape index (κ2) is 6.00. The topological polar surface area (TPSA) is 96.8 Å². The molecule has 1 aromatic heterocycles. The molecule has 0 unspecified atom stereocenters. The highest BCUT2D eigenvalue weighted by Gasteiger charge is 2.32. The average molecular weight is 318 g/mol. The predicted octanol–water partition coefficient (Wildman–Crippen LogP) is 0.809. The van der Waals surface area contributed by atoms with Gasteiger partial charge in [0, 0.05) is 20.2 Å². The Kier molecular flexibility index (Phi) is 4.53. The van der Waals surface area contributed by atoms with Gasteiger partial charge in [0.25, 0.3) is 10.0 Å². The van der Waals surface area contributed by atoms with Crippen molar-refractivity contribution in [1.29, 1.82) is 0 Å². The first-order valence-electron chi connectivity index (χ1n) is 5.80. The predicted molar refractivity (Wildman–Crippen MR) is 72.4 cm³/mol. The van der Waals surface area contributed by atoms with Gasteiger partial charge in [0.1, 0.15) is 0 Å². The number of hydrogen-bond acceptors (Lipinski definition) is 6. The van der Waals surface area contributed by atoms with Crippen LogP contribution in [0, 0.1) is 0 Å².